The SMILES string of the molecule is [2H]c1c([2H])c([2H])c2c(c1[2H])c1c([2H])c(N3c4ccccc4[Si](c4ccccc4)(c4ccccc4)c4ccccc43)c([2H])c([2H])c1n2-c1cccc([Si](c2ccccc2)(c2ccccc2)c2ccccc2)c1.c1ccc([Si](c2ccccc2)(c2ccccc2)c2cccc(-n3c4ccccc4c4cc(-c5ccccc5-n5c6ccccc6c6ccccc65)ccc43)c2)cc1. The highest BCUT2D eigenvalue weighted by molar-refractivity contribution is 7.22. The summed E-state index contributed by atoms with van der Waals surface area (Å²) in [6.45, 7) is 0. The van der Waals surface area contributed by atoms with E-state index in [-0.39, 0.29) is 57.7 Å². The maximum absolute atomic E-state index is 10.5. The predicted octanol–water partition coefficient (Wildman–Crippen LogP) is 20.2. The molecule has 0 saturated carbocycles. The van der Waals surface area contributed by atoms with Gasteiger partial charge in [0, 0.05) is 66.3 Å². The molecule has 23 rings (SSSR count). The van der Waals surface area contributed by atoms with Gasteiger partial charge in [0.1, 0.15) is 0 Å². The molecule has 1 aliphatic rings. The first-order chi connectivity index (χ1) is 63.0. The molecule has 4 nitrogen and oxygen atoms in total. The van der Waals surface area contributed by atoms with Crippen molar-refractivity contribution < 1.29 is 9.60 Å². The first kappa shape index (κ1) is 65.1. The van der Waals surface area contributed by atoms with E-state index < -0.39 is 36.3 Å². The average Bonchev–Trinajstić information content (AvgIpc) is 1.09. The van der Waals surface area contributed by atoms with Crippen molar-refractivity contribution in [3.8, 4) is 28.2 Å². The van der Waals surface area contributed by atoms with Gasteiger partial charge in [-0.25, -0.2) is 0 Å². The Bertz CT molecular complexity index is 7700. The Morgan fingerprint density at radius 2 is 0.562 bits per heavy atom. The molecule has 3 aromatic heterocycles. The highest BCUT2D eigenvalue weighted by Gasteiger charge is 2.49. The monoisotopic (exact) mass is 1600 g/mol. The lowest BCUT2D eigenvalue weighted by atomic mass is 10.0. The number of hydrogen-bond donors (Lipinski definition) is 0. The molecule has 0 amide bonds. The van der Waals surface area contributed by atoms with Gasteiger partial charge in [-0.15, -0.1) is 0 Å². The number of anilines is 3. The van der Waals surface area contributed by atoms with Crippen LogP contribution in [0.1, 0.15) is 9.60 Å². The second-order valence-electron chi connectivity index (χ2n) is 31.1. The smallest absolute Gasteiger partial charge is 0.184 e. The van der Waals surface area contributed by atoms with Crippen molar-refractivity contribution in [1.82, 2.24) is 13.7 Å². The minimum absolute atomic E-state index is 0.106. The Balaban J connectivity index is 0.000000154. The number of hydrogen-bond acceptors (Lipinski definition) is 1. The largest absolute Gasteiger partial charge is 0.311 e. The van der Waals surface area contributed by atoms with E-state index in [1.807, 2.05) is 83.8 Å². The molecule has 0 saturated heterocycles. The van der Waals surface area contributed by atoms with E-state index in [0.29, 0.717) is 5.69 Å². The zero-order valence-electron chi connectivity index (χ0n) is 73.1. The number of para-hydroxylation sites is 7. The molecule has 0 aliphatic carbocycles. The van der Waals surface area contributed by atoms with E-state index in [4.69, 9.17) is 2.74 Å². The normalized spacial score (nSPS) is 13.3. The molecule has 19 aromatic carbocycles. The van der Waals surface area contributed by atoms with Crippen molar-refractivity contribution >= 4 is 169 Å². The highest BCUT2D eigenvalue weighted by atomic mass is 28.3. The third-order valence-electron chi connectivity index (χ3n) is 24.9. The van der Waals surface area contributed by atoms with Crippen LogP contribution in [-0.2, 0) is 0 Å². The molecule has 7 heteroatoms. The Kier molecular flexibility index (Phi) is 16.4. The van der Waals surface area contributed by atoms with Gasteiger partial charge >= 0.3 is 0 Å². The minimum atomic E-state index is -3.11. The summed E-state index contributed by atoms with van der Waals surface area (Å²) >= 11 is 0. The highest BCUT2D eigenvalue weighted by Crippen LogP contribution is 2.44. The van der Waals surface area contributed by atoms with Gasteiger partial charge in [0.2, 0.25) is 0 Å². The van der Waals surface area contributed by atoms with Gasteiger partial charge in [0.05, 0.1) is 48.4 Å². The minimum Gasteiger partial charge on any atom is -0.311 e. The molecule has 1 aliphatic heterocycles. The first-order valence-corrected chi connectivity index (χ1v) is 47.3. The van der Waals surface area contributed by atoms with E-state index in [2.05, 4.69) is 385 Å². The molecule has 4 heterocycles. The first-order valence-electron chi connectivity index (χ1n) is 44.8. The molecular weight excluding hydrogens is 1510 g/mol. The summed E-state index contributed by atoms with van der Waals surface area (Å²) < 4.78 is 74.7. The standard InChI is InChI=1S/C60H44N2Si2.C54H38N2Si/c1-6-24-47(25-7-1)63(48-26-8-2-9-27-48,49-28-10-3-11-29-49)52-34-22-23-45(43-52)61-55-36-17-16-35-53(55)54-44-46(41-42-56(54)61)62-57-37-18-20-39-59(57)64(50-30-12-4-13-31-50,51-32-14-5-15-33-51)60-40-21-19-38-58(60)62;1-4-20-41(21-5-1)57(42-22-6-2-7-23-42,43-24-8-3-9-25-43)44-26-18-19-40(38-44)55-51-32-15-13-30-48(51)49-37-39(35-36-54(49)55)45-27-10-14-31-50(45)56-52-33-16-11-28-46(52)47-29-12-17-34-53(47)56/h1-44H;1-38H/i16D,17D,35D,36D,41D,42D,44D;. The third-order valence-corrected chi connectivity index (χ3v) is 39.3. The summed E-state index contributed by atoms with van der Waals surface area (Å²) in [6, 6.07) is 160. The maximum Gasteiger partial charge on any atom is 0.184 e. The number of fused-ring (bicyclic) bond motifs is 11. The number of benzene rings is 19. The maximum atomic E-state index is 10.5. The second-order valence-corrected chi connectivity index (χ2v) is 42.5. The lowest BCUT2D eigenvalue weighted by molar-refractivity contribution is 1.18. The summed E-state index contributed by atoms with van der Waals surface area (Å²) in [5.41, 5.74) is 12.2. The van der Waals surface area contributed by atoms with E-state index in [0.717, 1.165) is 48.2 Å². The lowest BCUT2D eigenvalue weighted by Gasteiger charge is -2.45. The molecule has 0 radical (unpaired) electrons. The van der Waals surface area contributed by atoms with E-state index >= 15 is 0 Å². The van der Waals surface area contributed by atoms with Crippen molar-refractivity contribution in [2.75, 3.05) is 4.90 Å². The molecule has 0 spiro atoms. The molecule has 0 fully saturated rings. The molecule has 0 atom stereocenters. The van der Waals surface area contributed by atoms with Crippen LogP contribution < -0.4 is 67.1 Å². The fraction of sp³-hybridized carbons (Fsp3) is 0. The summed E-state index contributed by atoms with van der Waals surface area (Å²) in [5.74, 6) is 0. The topological polar surface area (TPSA) is 18.0 Å². The molecule has 0 unspecified atom stereocenters. The average molecular weight is 1600 g/mol. The summed E-state index contributed by atoms with van der Waals surface area (Å²) in [5, 5.41) is 19.7. The van der Waals surface area contributed by atoms with Gasteiger partial charge in [-0.3, -0.25) is 0 Å². The van der Waals surface area contributed by atoms with Crippen LogP contribution in [0.5, 0.6) is 0 Å². The summed E-state index contributed by atoms with van der Waals surface area (Å²) in [7, 11) is -8.90. The molecule has 22 aromatic rings. The van der Waals surface area contributed by atoms with Crippen LogP contribution in [0.3, 0.4) is 0 Å². The van der Waals surface area contributed by atoms with Gasteiger partial charge in [-0.2, -0.15) is 0 Å². The van der Waals surface area contributed by atoms with Gasteiger partial charge in [-0.1, -0.05) is 400 Å². The number of rotatable bonds is 15. The summed E-state index contributed by atoms with van der Waals surface area (Å²) in [6.07, 6.45) is 0. The van der Waals surface area contributed by atoms with Crippen LogP contribution in [0.4, 0.5) is 17.1 Å². The second kappa shape index (κ2) is 30.5. The van der Waals surface area contributed by atoms with Crippen molar-refractivity contribution in [1.29, 1.82) is 0 Å². The van der Waals surface area contributed by atoms with Crippen molar-refractivity contribution in [3.63, 3.8) is 0 Å². The van der Waals surface area contributed by atoms with Gasteiger partial charge in [0.25, 0.3) is 0 Å². The van der Waals surface area contributed by atoms with Crippen molar-refractivity contribution in [2.24, 2.45) is 0 Å². The number of aromatic nitrogens is 3. The van der Waals surface area contributed by atoms with Gasteiger partial charge < -0.3 is 18.6 Å². The van der Waals surface area contributed by atoms with Crippen LogP contribution in [-0.4, -0.2) is 37.9 Å². The molecule has 0 bridgehead atoms. The van der Waals surface area contributed by atoms with E-state index in [9.17, 15) is 6.85 Å². The van der Waals surface area contributed by atoms with Crippen LogP contribution in [0.15, 0.2) is 497 Å². The van der Waals surface area contributed by atoms with Crippen LogP contribution >= 0.6 is 0 Å². The lowest BCUT2D eigenvalue weighted by Crippen LogP contribution is -2.77. The quantitative estimate of drug-likeness (QED) is 0.0739. The van der Waals surface area contributed by atoms with Crippen molar-refractivity contribution in [3.05, 3.63) is 497 Å². The Labute approximate surface area is 717 Å². The van der Waals surface area contributed by atoms with E-state index in [1.54, 1.807) is 4.57 Å². The Morgan fingerprint density at radius 1 is 0.215 bits per heavy atom. The molecule has 121 heavy (non-hydrogen) atoms. The van der Waals surface area contributed by atoms with Crippen molar-refractivity contribution in [2.45, 2.75) is 0 Å². The zero-order valence-corrected chi connectivity index (χ0v) is 69.1. The third kappa shape index (κ3) is 11.8. The van der Waals surface area contributed by atoms with E-state index in [1.165, 1.54) is 91.5 Å². The van der Waals surface area contributed by atoms with Crippen LogP contribution in [0.2, 0.25) is 0 Å². The Morgan fingerprint density at radius 3 is 1.02 bits per heavy atom. The summed E-state index contributed by atoms with van der Waals surface area (Å²) in [4.78, 5) is 1.96. The number of nitrogens with zero attached hydrogens (tertiary/aromatic N) is 4. The predicted molar refractivity (Wildman–Crippen MR) is 520 cm³/mol. The van der Waals surface area contributed by atoms with Crippen LogP contribution in [0, 0.1) is 0 Å². The fourth-order valence-corrected chi connectivity index (χ4v) is 34.6. The van der Waals surface area contributed by atoms with Crippen LogP contribution in [0.25, 0.3) is 93.6 Å². The van der Waals surface area contributed by atoms with Gasteiger partial charge in [-0.05, 0) is 165 Å². The molecule has 570 valence electrons. The fourth-order valence-electron chi connectivity index (χ4n) is 19.9. The van der Waals surface area contributed by atoms with Gasteiger partial charge in [0.15, 0.2) is 24.2 Å². The zero-order chi connectivity index (χ0) is 86.4. The molecular formula is C114H82N4Si3. The Hall–Kier alpha value is -15.0. The molecule has 0 N–H and O–H groups in total.